The van der Waals surface area contributed by atoms with Crippen LogP contribution in [-0.2, 0) is 22.6 Å². The van der Waals surface area contributed by atoms with Crippen molar-refractivity contribution in [3.63, 3.8) is 0 Å². The van der Waals surface area contributed by atoms with Gasteiger partial charge in [0.25, 0.3) is 5.91 Å². The van der Waals surface area contributed by atoms with Gasteiger partial charge < -0.3 is 15.0 Å². The Kier molecular flexibility index (Phi) is 5.29. The number of hydrogen-bond donors (Lipinski definition) is 1. The summed E-state index contributed by atoms with van der Waals surface area (Å²) in [5, 5.41) is 7.19. The highest BCUT2D eigenvalue weighted by atomic mass is 16.5. The topological polar surface area (TPSA) is 76.5 Å². The molecule has 7 heteroatoms. The molecule has 29 heavy (non-hydrogen) atoms. The van der Waals surface area contributed by atoms with Crippen molar-refractivity contribution in [2.24, 2.45) is 0 Å². The first-order valence-corrected chi connectivity index (χ1v) is 9.47. The maximum atomic E-state index is 12.4. The molecule has 2 aromatic carbocycles. The summed E-state index contributed by atoms with van der Waals surface area (Å²) in [4.78, 5) is 25.5. The highest BCUT2D eigenvalue weighted by Gasteiger charge is 2.16. The summed E-state index contributed by atoms with van der Waals surface area (Å²) in [6.07, 6.45) is 4.82. The summed E-state index contributed by atoms with van der Waals surface area (Å²) in [5.41, 5.74) is 3.75. The second-order valence-electron chi connectivity index (χ2n) is 7.03. The van der Waals surface area contributed by atoms with Crippen molar-refractivity contribution in [1.29, 1.82) is 0 Å². The van der Waals surface area contributed by atoms with E-state index in [2.05, 4.69) is 10.4 Å². The maximum absolute atomic E-state index is 12.4. The summed E-state index contributed by atoms with van der Waals surface area (Å²) in [6, 6.07) is 15.3. The van der Waals surface area contributed by atoms with Crippen molar-refractivity contribution in [2.75, 3.05) is 19.0 Å². The monoisotopic (exact) mass is 390 g/mol. The van der Waals surface area contributed by atoms with E-state index in [1.807, 2.05) is 48.7 Å². The van der Waals surface area contributed by atoms with Gasteiger partial charge in [0.2, 0.25) is 5.91 Å². The quantitative estimate of drug-likeness (QED) is 0.702. The lowest BCUT2D eigenvalue weighted by atomic mass is 10.0. The predicted molar refractivity (Wildman–Crippen MR) is 109 cm³/mol. The molecule has 2 amide bonds. The molecule has 0 fully saturated rings. The van der Waals surface area contributed by atoms with Crippen LogP contribution >= 0.6 is 0 Å². The van der Waals surface area contributed by atoms with Gasteiger partial charge in [0.15, 0.2) is 6.61 Å². The molecule has 1 aliphatic rings. The largest absolute Gasteiger partial charge is 0.484 e. The normalized spacial score (nSPS) is 12.8. The molecule has 1 N–H and O–H groups in total. The number of nitrogens with zero attached hydrogens (tertiary/aromatic N) is 3. The van der Waals surface area contributed by atoms with Crippen molar-refractivity contribution in [3.8, 4) is 11.4 Å². The van der Waals surface area contributed by atoms with Gasteiger partial charge in [-0.25, -0.2) is 4.68 Å². The van der Waals surface area contributed by atoms with Crippen LogP contribution < -0.4 is 10.1 Å². The highest BCUT2D eigenvalue weighted by Crippen LogP contribution is 2.26. The third-order valence-corrected chi connectivity index (χ3v) is 4.84. The van der Waals surface area contributed by atoms with Gasteiger partial charge in [0, 0.05) is 37.5 Å². The average molecular weight is 390 g/mol. The first-order chi connectivity index (χ1) is 14.1. The standard InChI is InChI=1S/C22H22N4O3/c1-25(13-16-12-23-26(14-16)18-5-3-2-4-6-18)22(28)15-29-19-8-9-20-17(11-19)7-10-21(27)24-20/h2-6,8-9,11-12,14H,7,10,13,15H2,1H3,(H,24,27). The number of rotatable bonds is 6. The van der Waals surface area contributed by atoms with Gasteiger partial charge >= 0.3 is 0 Å². The molecular formula is C22H22N4O3. The number of aromatic nitrogens is 2. The van der Waals surface area contributed by atoms with E-state index in [1.54, 1.807) is 28.9 Å². The number of anilines is 1. The summed E-state index contributed by atoms with van der Waals surface area (Å²) in [6.45, 7) is 0.402. The average Bonchev–Trinajstić information content (AvgIpc) is 3.21. The molecule has 0 saturated carbocycles. The first-order valence-electron chi connectivity index (χ1n) is 9.47. The lowest BCUT2D eigenvalue weighted by Crippen LogP contribution is -2.30. The van der Waals surface area contributed by atoms with E-state index in [0.717, 1.165) is 22.5 Å². The number of nitrogens with one attached hydrogen (secondary N) is 1. The van der Waals surface area contributed by atoms with Crippen LogP contribution in [0.1, 0.15) is 17.5 Å². The van der Waals surface area contributed by atoms with Crippen LogP contribution in [-0.4, -0.2) is 40.1 Å². The maximum Gasteiger partial charge on any atom is 0.260 e. The zero-order valence-electron chi connectivity index (χ0n) is 16.2. The Bertz CT molecular complexity index is 1030. The number of fused-ring (bicyclic) bond motifs is 1. The van der Waals surface area contributed by atoms with Crippen molar-refractivity contribution < 1.29 is 14.3 Å². The van der Waals surface area contributed by atoms with Crippen LogP contribution in [0.5, 0.6) is 5.75 Å². The van der Waals surface area contributed by atoms with Crippen LogP contribution in [0.15, 0.2) is 60.9 Å². The zero-order valence-corrected chi connectivity index (χ0v) is 16.2. The molecule has 7 nitrogen and oxygen atoms in total. The van der Waals surface area contributed by atoms with E-state index < -0.39 is 0 Å². The van der Waals surface area contributed by atoms with Gasteiger partial charge in [-0.15, -0.1) is 0 Å². The van der Waals surface area contributed by atoms with Gasteiger partial charge in [-0.1, -0.05) is 18.2 Å². The summed E-state index contributed by atoms with van der Waals surface area (Å²) in [5.74, 6) is 0.528. The first kappa shape index (κ1) is 18.7. The molecule has 0 radical (unpaired) electrons. The van der Waals surface area contributed by atoms with E-state index in [0.29, 0.717) is 25.1 Å². The number of carbonyl (C=O) groups is 2. The molecule has 3 aromatic rings. The summed E-state index contributed by atoms with van der Waals surface area (Å²) < 4.78 is 7.46. The van der Waals surface area contributed by atoms with Gasteiger partial charge in [-0.3, -0.25) is 9.59 Å². The molecule has 148 valence electrons. The summed E-state index contributed by atoms with van der Waals surface area (Å²) >= 11 is 0. The number of ether oxygens (including phenoxy) is 1. The lowest BCUT2D eigenvalue weighted by Gasteiger charge is -2.19. The molecule has 0 aliphatic carbocycles. The molecule has 0 atom stereocenters. The van der Waals surface area contributed by atoms with Crippen LogP contribution in [0.25, 0.3) is 5.69 Å². The van der Waals surface area contributed by atoms with E-state index >= 15 is 0 Å². The second kappa shape index (κ2) is 8.18. The Morgan fingerprint density at radius 1 is 1.21 bits per heavy atom. The van der Waals surface area contributed by atoms with Gasteiger partial charge in [0.1, 0.15) is 5.75 Å². The second-order valence-corrected chi connectivity index (χ2v) is 7.03. The van der Waals surface area contributed by atoms with Crippen molar-refractivity contribution in [1.82, 2.24) is 14.7 Å². The third kappa shape index (κ3) is 4.45. The molecule has 0 unspecified atom stereocenters. The fourth-order valence-electron chi connectivity index (χ4n) is 3.23. The minimum Gasteiger partial charge on any atom is -0.484 e. The summed E-state index contributed by atoms with van der Waals surface area (Å²) in [7, 11) is 1.74. The molecule has 0 bridgehead atoms. The van der Waals surface area contributed by atoms with E-state index in [9.17, 15) is 9.59 Å². The Morgan fingerprint density at radius 3 is 2.86 bits per heavy atom. The molecule has 2 heterocycles. The lowest BCUT2D eigenvalue weighted by molar-refractivity contribution is -0.132. The zero-order chi connectivity index (χ0) is 20.2. The molecule has 1 aliphatic heterocycles. The molecule has 4 rings (SSSR count). The highest BCUT2D eigenvalue weighted by molar-refractivity contribution is 5.94. The SMILES string of the molecule is CN(Cc1cnn(-c2ccccc2)c1)C(=O)COc1ccc2c(c1)CCC(=O)N2. The van der Waals surface area contributed by atoms with Crippen LogP contribution in [0, 0.1) is 0 Å². The van der Waals surface area contributed by atoms with Crippen LogP contribution in [0.3, 0.4) is 0 Å². The number of amides is 2. The van der Waals surface area contributed by atoms with Gasteiger partial charge in [-0.2, -0.15) is 5.10 Å². The Morgan fingerprint density at radius 2 is 2.03 bits per heavy atom. The van der Waals surface area contributed by atoms with Gasteiger partial charge in [-0.05, 0) is 42.3 Å². The van der Waals surface area contributed by atoms with Crippen molar-refractivity contribution in [3.05, 3.63) is 72.1 Å². The molecule has 0 spiro atoms. The molecule has 0 saturated heterocycles. The number of hydrogen-bond acceptors (Lipinski definition) is 4. The minimum atomic E-state index is -0.122. The number of likely N-dealkylation sites (N-methyl/N-ethyl adjacent to an activating group) is 1. The Labute approximate surface area is 168 Å². The van der Waals surface area contributed by atoms with Gasteiger partial charge in [0.05, 0.1) is 11.9 Å². The Balaban J connectivity index is 1.32. The number of aryl methyl sites for hydroxylation is 1. The van der Waals surface area contributed by atoms with Crippen LogP contribution in [0.2, 0.25) is 0 Å². The van der Waals surface area contributed by atoms with Crippen LogP contribution in [0.4, 0.5) is 5.69 Å². The third-order valence-electron chi connectivity index (χ3n) is 4.84. The smallest absolute Gasteiger partial charge is 0.260 e. The van der Waals surface area contributed by atoms with Crippen molar-refractivity contribution in [2.45, 2.75) is 19.4 Å². The fraction of sp³-hybridized carbons (Fsp3) is 0.227. The number of para-hydroxylation sites is 1. The molecular weight excluding hydrogens is 368 g/mol. The molecule has 1 aromatic heterocycles. The van der Waals surface area contributed by atoms with E-state index in [1.165, 1.54) is 0 Å². The minimum absolute atomic E-state index is 0.0264. The van der Waals surface area contributed by atoms with E-state index in [4.69, 9.17) is 4.74 Å². The van der Waals surface area contributed by atoms with E-state index in [-0.39, 0.29) is 18.4 Å². The van der Waals surface area contributed by atoms with Crippen molar-refractivity contribution >= 4 is 17.5 Å². The number of benzene rings is 2. The number of carbonyl (C=O) groups excluding carboxylic acids is 2. The Hall–Kier alpha value is -3.61. The predicted octanol–water partition coefficient (Wildman–Crippen LogP) is 2.79. The fourth-order valence-corrected chi connectivity index (χ4v) is 3.23.